The summed E-state index contributed by atoms with van der Waals surface area (Å²) in [5, 5.41) is 6.70. The van der Waals surface area contributed by atoms with E-state index in [1.807, 2.05) is 13.0 Å². The Morgan fingerprint density at radius 2 is 2.24 bits per heavy atom. The van der Waals surface area contributed by atoms with Crippen molar-refractivity contribution >= 4 is 28.2 Å². The number of thiophene rings is 1. The maximum absolute atomic E-state index is 12.3. The molecule has 1 aromatic rings. The first-order valence-electron chi connectivity index (χ1n) is 7.49. The van der Waals surface area contributed by atoms with Crippen molar-refractivity contribution in [2.45, 2.75) is 45.6 Å². The average Bonchev–Trinajstić information content (AvgIpc) is 2.91. The van der Waals surface area contributed by atoms with Crippen LogP contribution in [0, 0.1) is 0 Å². The number of carbonyl (C=O) groups excluding carboxylic acids is 2. The maximum atomic E-state index is 12.3. The Kier molecular flexibility index (Phi) is 5.76. The number of hydrogen-bond donors (Lipinski definition) is 2. The van der Waals surface area contributed by atoms with E-state index in [1.54, 1.807) is 6.92 Å². The predicted octanol–water partition coefficient (Wildman–Crippen LogP) is 2.57. The van der Waals surface area contributed by atoms with Gasteiger partial charge < -0.3 is 15.4 Å². The lowest BCUT2D eigenvalue weighted by molar-refractivity contribution is -0.118. The molecule has 0 bridgehead atoms. The largest absolute Gasteiger partial charge is 0.462 e. The summed E-state index contributed by atoms with van der Waals surface area (Å²) in [6.45, 7) is 4.99. The molecule has 116 valence electrons. The summed E-state index contributed by atoms with van der Waals surface area (Å²) in [5.41, 5.74) is 0.461. The van der Waals surface area contributed by atoms with E-state index in [4.69, 9.17) is 4.74 Å². The number of esters is 1. The van der Waals surface area contributed by atoms with Gasteiger partial charge in [0.15, 0.2) is 0 Å². The first kappa shape index (κ1) is 16.0. The molecule has 0 aromatic carbocycles. The van der Waals surface area contributed by atoms with Gasteiger partial charge in [-0.2, -0.15) is 0 Å². The van der Waals surface area contributed by atoms with Crippen molar-refractivity contribution in [3.63, 3.8) is 0 Å². The predicted molar refractivity (Wildman–Crippen MR) is 83.9 cm³/mol. The molecule has 0 unspecified atom stereocenters. The number of amides is 1. The Bertz CT molecular complexity index is 507. The minimum atomic E-state index is -0.375. The molecular formula is C15H22N2O3S. The number of aryl methyl sites for hydroxylation is 1. The highest BCUT2D eigenvalue weighted by Gasteiger charge is 2.24. The van der Waals surface area contributed by atoms with E-state index in [1.165, 1.54) is 11.3 Å². The molecular weight excluding hydrogens is 288 g/mol. The fourth-order valence-corrected chi connectivity index (χ4v) is 3.33. The van der Waals surface area contributed by atoms with Gasteiger partial charge in [0, 0.05) is 4.88 Å². The van der Waals surface area contributed by atoms with Crippen LogP contribution in [0.15, 0.2) is 6.07 Å². The molecule has 1 fully saturated rings. The zero-order valence-electron chi connectivity index (χ0n) is 12.5. The molecule has 2 rings (SSSR count). The van der Waals surface area contributed by atoms with Crippen molar-refractivity contribution in [2.24, 2.45) is 0 Å². The molecule has 1 amide bonds. The summed E-state index contributed by atoms with van der Waals surface area (Å²) in [7, 11) is 0. The van der Waals surface area contributed by atoms with Crippen molar-refractivity contribution < 1.29 is 14.3 Å². The van der Waals surface area contributed by atoms with Crippen LogP contribution in [0.25, 0.3) is 0 Å². The molecule has 6 heteroatoms. The zero-order chi connectivity index (χ0) is 15.2. The van der Waals surface area contributed by atoms with Crippen LogP contribution in [0.4, 0.5) is 5.00 Å². The second kappa shape index (κ2) is 7.56. The second-order valence-electron chi connectivity index (χ2n) is 5.02. The minimum Gasteiger partial charge on any atom is -0.462 e. The average molecular weight is 310 g/mol. The molecule has 1 aromatic heterocycles. The van der Waals surface area contributed by atoms with Gasteiger partial charge in [0.1, 0.15) is 5.00 Å². The van der Waals surface area contributed by atoms with Gasteiger partial charge >= 0.3 is 5.97 Å². The van der Waals surface area contributed by atoms with E-state index in [2.05, 4.69) is 10.6 Å². The summed E-state index contributed by atoms with van der Waals surface area (Å²) in [6, 6.07) is 1.65. The first-order chi connectivity index (χ1) is 10.2. The standard InChI is InChI=1S/C15H22N2O3S/c1-3-10-9-11(15(19)20-4-2)14(21-10)17-13(18)12-7-5-6-8-16-12/h9,12,16H,3-8H2,1-2H3,(H,17,18)/t12-/m0/s1. The summed E-state index contributed by atoms with van der Waals surface area (Å²) < 4.78 is 5.05. The number of hydrogen-bond acceptors (Lipinski definition) is 5. The van der Waals surface area contributed by atoms with Crippen LogP contribution in [0.3, 0.4) is 0 Å². The second-order valence-corrected chi connectivity index (χ2v) is 6.16. The topological polar surface area (TPSA) is 67.4 Å². The summed E-state index contributed by atoms with van der Waals surface area (Å²) >= 11 is 1.45. The van der Waals surface area contributed by atoms with Gasteiger partial charge in [-0.05, 0) is 38.8 Å². The SMILES string of the molecule is CCOC(=O)c1cc(CC)sc1NC(=O)[C@@H]1CCCCN1. The monoisotopic (exact) mass is 310 g/mol. The van der Waals surface area contributed by atoms with Gasteiger partial charge in [-0.3, -0.25) is 4.79 Å². The lowest BCUT2D eigenvalue weighted by Gasteiger charge is -2.22. The van der Waals surface area contributed by atoms with Gasteiger partial charge in [-0.1, -0.05) is 13.3 Å². The van der Waals surface area contributed by atoms with E-state index < -0.39 is 0 Å². The zero-order valence-corrected chi connectivity index (χ0v) is 13.3. The Labute approximate surface area is 129 Å². The molecule has 0 radical (unpaired) electrons. The number of anilines is 1. The molecule has 1 aliphatic heterocycles. The van der Waals surface area contributed by atoms with Crippen LogP contribution in [-0.4, -0.2) is 31.1 Å². The molecule has 0 saturated carbocycles. The Balaban J connectivity index is 2.12. The highest BCUT2D eigenvalue weighted by molar-refractivity contribution is 7.16. The van der Waals surface area contributed by atoms with Crippen LogP contribution < -0.4 is 10.6 Å². The molecule has 0 aliphatic carbocycles. The summed E-state index contributed by atoms with van der Waals surface area (Å²) in [4.78, 5) is 25.3. The minimum absolute atomic E-state index is 0.0650. The van der Waals surface area contributed by atoms with Crippen molar-refractivity contribution in [1.82, 2.24) is 5.32 Å². The Morgan fingerprint density at radius 1 is 1.43 bits per heavy atom. The third-order valence-corrected chi connectivity index (χ3v) is 4.69. The summed E-state index contributed by atoms with van der Waals surface area (Å²) in [5.74, 6) is -0.440. The van der Waals surface area contributed by atoms with Gasteiger partial charge in [0.05, 0.1) is 18.2 Å². The van der Waals surface area contributed by atoms with Crippen molar-refractivity contribution in [3.8, 4) is 0 Å². The summed E-state index contributed by atoms with van der Waals surface area (Å²) in [6.07, 6.45) is 3.83. The number of ether oxygens (including phenoxy) is 1. The molecule has 2 N–H and O–H groups in total. The number of piperidine rings is 1. The number of rotatable bonds is 5. The number of carbonyl (C=O) groups is 2. The first-order valence-corrected chi connectivity index (χ1v) is 8.31. The quantitative estimate of drug-likeness (QED) is 0.820. The molecule has 0 spiro atoms. The highest BCUT2D eigenvalue weighted by atomic mass is 32.1. The molecule has 2 heterocycles. The van der Waals surface area contributed by atoms with E-state index in [0.717, 1.165) is 37.1 Å². The maximum Gasteiger partial charge on any atom is 0.341 e. The lowest BCUT2D eigenvalue weighted by Crippen LogP contribution is -2.43. The van der Waals surface area contributed by atoms with Crippen LogP contribution in [0.2, 0.25) is 0 Å². The number of nitrogens with one attached hydrogen (secondary N) is 2. The lowest BCUT2D eigenvalue weighted by atomic mass is 10.0. The fourth-order valence-electron chi connectivity index (χ4n) is 2.34. The van der Waals surface area contributed by atoms with Crippen LogP contribution in [-0.2, 0) is 16.0 Å². The van der Waals surface area contributed by atoms with Gasteiger partial charge in [0.2, 0.25) is 5.91 Å². The highest BCUT2D eigenvalue weighted by Crippen LogP contribution is 2.29. The Hall–Kier alpha value is -1.40. The van der Waals surface area contributed by atoms with E-state index in [-0.39, 0.29) is 17.9 Å². The molecule has 1 atom stereocenters. The van der Waals surface area contributed by atoms with Gasteiger partial charge in [-0.25, -0.2) is 4.79 Å². The molecule has 21 heavy (non-hydrogen) atoms. The fraction of sp³-hybridized carbons (Fsp3) is 0.600. The van der Waals surface area contributed by atoms with E-state index in [0.29, 0.717) is 17.2 Å². The van der Waals surface area contributed by atoms with E-state index >= 15 is 0 Å². The molecule has 1 aliphatic rings. The van der Waals surface area contributed by atoms with Gasteiger partial charge in [0.25, 0.3) is 0 Å². The van der Waals surface area contributed by atoms with Crippen molar-refractivity contribution in [3.05, 3.63) is 16.5 Å². The van der Waals surface area contributed by atoms with Crippen LogP contribution in [0.1, 0.15) is 48.3 Å². The van der Waals surface area contributed by atoms with E-state index in [9.17, 15) is 9.59 Å². The van der Waals surface area contributed by atoms with Crippen molar-refractivity contribution in [1.29, 1.82) is 0 Å². The van der Waals surface area contributed by atoms with Gasteiger partial charge in [-0.15, -0.1) is 11.3 Å². The molecule has 1 saturated heterocycles. The van der Waals surface area contributed by atoms with Crippen molar-refractivity contribution in [2.75, 3.05) is 18.5 Å². The molecule has 5 nitrogen and oxygen atoms in total. The normalized spacial score (nSPS) is 18.3. The third-order valence-electron chi connectivity index (χ3n) is 3.49. The Morgan fingerprint density at radius 3 is 2.86 bits per heavy atom. The third kappa shape index (κ3) is 4.04. The smallest absolute Gasteiger partial charge is 0.341 e. The van der Waals surface area contributed by atoms with Crippen LogP contribution in [0.5, 0.6) is 0 Å². The van der Waals surface area contributed by atoms with Crippen LogP contribution >= 0.6 is 11.3 Å².